The summed E-state index contributed by atoms with van der Waals surface area (Å²) in [4.78, 5) is 0. The van der Waals surface area contributed by atoms with Crippen LogP contribution in [0.1, 0.15) is 5.56 Å². The molecule has 0 heterocycles. The molecule has 0 unspecified atom stereocenters. The van der Waals surface area contributed by atoms with E-state index in [0.29, 0.717) is 0 Å². The summed E-state index contributed by atoms with van der Waals surface area (Å²) < 4.78 is 17.9. The number of nitriles is 1. The van der Waals surface area contributed by atoms with Gasteiger partial charge < -0.3 is 4.74 Å². The molecule has 0 N–H and O–H groups in total. The highest BCUT2D eigenvalue weighted by Gasteiger charge is 2.10. The normalized spacial score (nSPS) is 9.21. The molecule has 1 aromatic carbocycles. The highest BCUT2D eigenvalue weighted by atomic mass is 35.5. The molecule has 72 valence electrons. The van der Waals surface area contributed by atoms with Crippen LogP contribution in [0.3, 0.4) is 0 Å². The van der Waals surface area contributed by atoms with Crippen molar-refractivity contribution in [1.29, 1.82) is 5.26 Å². The standard InChI is InChI=1S/C10H7ClFNO/c1-2-3-14-10-7(6-13)4-8(12)5-9(10)11/h2,4-5H,1,3H2. The lowest BCUT2D eigenvalue weighted by Crippen LogP contribution is -1.97. The lowest BCUT2D eigenvalue weighted by molar-refractivity contribution is 0.361. The molecular weight excluding hydrogens is 205 g/mol. The molecule has 0 atom stereocenters. The summed E-state index contributed by atoms with van der Waals surface area (Å²) in [5.74, 6) is -0.368. The van der Waals surface area contributed by atoms with Gasteiger partial charge in [0.15, 0.2) is 5.75 Å². The van der Waals surface area contributed by atoms with E-state index in [9.17, 15) is 4.39 Å². The molecule has 0 spiro atoms. The van der Waals surface area contributed by atoms with Gasteiger partial charge in [0.2, 0.25) is 0 Å². The van der Waals surface area contributed by atoms with Crippen molar-refractivity contribution in [3.8, 4) is 11.8 Å². The number of benzene rings is 1. The van der Waals surface area contributed by atoms with Gasteiger partial charge in [0.1, 0.15) is 18.5 Å². The Kier molecular flexibility index (Phi) is 3.49. The Labute approximate surface area is 86.2 Å². The van der Waals surface area contributed by atoms with Crippen LogP contribution in [0.15, 0.2) is 24.8 Å². The largest absolute Gasteiger partial charge is 0.487 e. The minimum absolute atomic E-state index is 0.0804. The number of hydrogen-bond acceptors (Lipinski definition) is 2. The molecule has 0 saturated heterocycles. The van der Waals surface area contributed by atoms with Gasteiger partial charge in [-0.15, -0.1) is 0 Å². The first-order chi connectivity index (χ1) is 6.69. The fraction of sp³-hybridized carbons (Fsp3) is 0.100. The zero-order chi connectivity index (χ0) is 10.6. The Morgan fingerprint density at radius 3 is 2.93 bits per heavy atom. The van der Waals surface area contributed by atoms with Gasteiger partial charge in [0.25, 0.3) is 0 Å². The van der Waals surface area contributed by atoms with Gasteiger partial charge in [-0.25, -0.2) is 4.39 Å². The molecule has 0 aliphatic rings. The SMILES string of the molecule is C=CCOc1c(Cl)cc(F)cc1C#N. The summed E-state index contributed by atoms with van der Waals surface area (Å²) in [6, 6.07) is 3.97. The van der Waals surface area contributed by atoms with E-state index in [4.69, 9.17) is 21.6 Å². The molecule has 0 aromatic heterocycles. The third-order valence-corrected chi connectivity index (χ3v) is 1.76. The van der Waals surface area contributed by atoms with Crippen LogP contribution in [0, 0.1) is 17.1 Å². The molecule has 0 amide bonds. The monoisotopic (exact) mass is 211 g/mol. The zero-order valence-electron chi connectivity index (χ0n) is 7.26. The van der Waals surface area contributed by atoms with E-state index in [1.807, 2.05) is 0 Å². The Hall–Kier alpha value is -1.53. The third kappa shape index (κ3) is 2.24. The van der Waals surface area contributed by atoms with Crippen molar-refractivity contribution in [3.63, 3.8) is 0 Å². The summed E-state index contributed by atoms with van der Waals surface area (Å²) >= 11 is 5.70. The van der Waals surface area contributed by atoms with Crippen molar-refractivity contribution in [2.45, 2.75) is 0 Å². The zero-order valence-corrected chi connectivity index (χ0v) is 8.01. The van der Waals surface area contributed by atoms with Gasteiger partial charge in [0, 0.05) is 0 Å². The van der Waals surface area contributed by atoms with Crippen molar-refractivity contribution < 1.29 is 9.13 Å². The van der Waals surface area contributed by atoms with Crippen LogP contribution in [0.2, 0.25) is 5.02 Å². The summed E-state index contributed by atoms with van der Waals surface area (Å²) in [7, 11) is 0. The first-order valence-electron chi connectivity index (χ1n) is 3.82. The van der Waals surface area contributed by atoms with Crippen molar-refractivity contribution in [3.05, 3.63) is 41.2 Å². The second kappa shape index (κ2) is 4.64. The van der Waals surface area contributed by atoms with Crippen molar-refractivity contribution >= 4 is 11.6 Å². The molecule has 14 heavy (non-hydrogen) atoms. The highest BCUT2D eigenvalue weighted by Crippen LogP contribution is 2.29. The van der Waals surface area contributed by atoms with Crippen LogP contribution in [-0.2, 0) is 0 Å². The molecule has 0 aliphatic heterocycles. The minimum atomic E-state index is -0.558. The fourth-order valence-corrected chi connectivity index (χ4v) is 1.19. The maximum absolute atomic E-state index is 12.8. The molecule has 0 radical (unpaired) electrons. The van der Waals surface area contributed by atoms with Crippen LogP contribution in [0.25, 0.3) is 0 Å². The van der Waals surface area contributed by atoms with E-state index in [0.717, 1.165) is 12.1 Å². The number of rotatable bonds is 3. The predicted octanol–water partition coefficient (Wildman–Crippen LogP) is 2.92. The van der Waals surface area contributed by atoms with Crippen LogP contribution in [-0.4, -0.2) is 6.61 Å². The van der Waals surface area contributed by atoms with E-state index < -0.39 is 5.82 Å². The number of ether oxygens (including phenoxy) is 1. The van der Waals surface area contributed by atoms with Crippen molar-refractivity contribution in [2.75, 3.05) is 6.61 Å². The average Bonchev–Trinajstić information content (AvgIpc) is 2.15. The van der Waals surface area contributed by atoms with E-state index in [1.165, 1.54) is 6.08 Å². The number of nitrogens with zero attached hydrogens (tertiary/aromatic N) is 1. The predicted molar refractivity (Wildman–Crippen MR) is 51.8 cm³/mol. The lowest BCUT2D eigenvalue weighted by Gasteiger charge is -2.07. The van der Waals surface area contributed by atoms with Crippen molar-refractivity contribution in [1.82, 2.24) is 0 Å². The highest BCUT2D eigenvalue weighted by molar-refractivity contribution is 6.32. The van der Waals surface area contributed by atoms with E-state index in [2.05, 4.69) is 6.58 Å². The first-order valence-corrected chi connectivity index (χ1v) is 4.19. The maximum Gasteiger partial charge on any atom is 0.156 e. The van der Waals surface area contributed by atoms with Gasteiger partial charge in [-0.2, -0.15) is 5.26 Å². The van der Waals surface area contributed by atoms with Gasteiger partial charge in [-0.3, -0.25) is 0 Å². The van der Waals surface area contributed by atoms with Crippen LogP contribution in [0.5, 0.6) is 5.75 Å². The summed E-state index contributed by atoms with van der Waals surface area (Å²) in [6.07, 6.45) is 1.51. The molecule has 4 heteroatoms. The maximum atomic E-state index is 12.8. The molecule has 0 bridgehead atoms. The van der Waals surface area contributed by atoms with E-state index in [-0.39, 0.29) is 22.9 Å². The molecule has 2 nitrogen and oxygen atoms in total. The first kappa shape index (κ1) is 10.6. The van der Waals surface area contributed by atoms with E-state index >= 15 is 0 Å². The molecular formula is C10H7ClFNO. The van der Waals surface area contributed by atoms with Gasteiger partial charge in [0.05, 0.1) is 10.6 Å². The van der Waals surface area contributed by atoms with Gasteiger partial charge in [-0.05, 0) is 12.1 Å². The molecule has 0 saturated carbocycles. The average molecular weight is 212 g/mol. The lowest BCUT2D eigenvalue weighted by atomic mass is 10.2. The summed E-state index contributed by atoms with van der Waals surface area (Å²) in [6.45, 7) is 3.68. The molecule has 1 rings (SSSR count). The summed E-state index contributed by atoms with van der Waals surface area (Å²) in [5, 5.41) is 8.77. The van der Waals surface area contributed by atoms with Crippen LogP contribution >= 0.6 is 11.6 Å². The molecule has 0 aliphatic carbocycles. The number of halogens is 2. The molecule has 1 aromatic rings. The molecule has 0 fully saturated rings. The Morgan fingerprint density at radius 1 is 1.64 bits per heavy atom. The Balaban J connectivity index is 3.13. The van der Waals surface area contributed by atoms with Gasteiger partial charge in [-0.1, -0.05) is 24.3 Å². The van der Waals surface area contributed by atoms with Crippen LogP contribution < -0.4 is 4.74 Å². The van der Waals surface area contributed by atoms with E-state index in [1.54, 1.807) is 6.07 Å². The second-order valence-electron chi connectivity index (χ2n) is 2.48. The smallest absolute Gasteiger partial charge is 0.156 e. The second-order valence-corrected chi connectivity index (χ2v) is 2.88. The quantitative estimate of drug-likeness (QED) is 0.721. The van der Waals surface area contributed by atoms with Gasteiger partial charge >= 0.3 is 0 Å². The topological polar surface area (TPSA) is 33.0 Å². The van der Waals surface area contributed by atoms with Crippen molar-refractivity contribution in [2.24, 2.45) is 0 Å². The Morgan fingerprint density at radius 2 is 2.36 bits per heavy atom. The minimum Gasteiger partial charge on any atom is -0.487 e. The number of hydrogen-bond donors (Lipinski definition) is 0. The third-order valence-electron chi connectivity index (χ3n) is 1.47. The Bertz CT molecular complexity index is 398. The van der Waals surface area contributed by atoms with Crippen LogP contribution in [0.4, 0.5) is 4.39 Å². The summed E-state index contributed by atoms with van der Waals surface area (Å²) in [5.41, 5.74) is 0.0804. The fourth-order valence-electron chi connectivity index (χ4n) is 0.932.